The van der Waals surface area contributed by atoms with Gasteiger partial charge in [0.1, 0.15) is 5.52 Å². The zero-order chi connectivity index (χ0) is 23.1. The fourth-order valence-electron chi connectivity index (χ4n) is 3.36. The summed E-state index contributed by atoms with van der Waals surface area (Å²) in [5.74, 6) is -0.140. The van der Waals surface area contributed by atoms with Gasteiger partial charge in [-0.1, -0.05) is 52.0 Å². The van der Waals surface area contributed by atoms with Crippen molar-refractivity contribution in [3.05, 3.63) is 65.9 Å². The molecule has 0 aliphatic heterocycles. The highest BCUT2D eigenvalue weighted by Gasteiger charge is 2.15. The van der Waals surface area contributed by atoms with E-state index in [0.29, 0.717) is 37.4 Å². The van der Waals surface area contributed by atoms with Crippen LogP contribution in [0.5, 0.6) is 5.75 Å². The molecule has 0 atom stereocenters. The van der Waals surface area contributed by atoms with Crippen molar-refractivity contribution >= 4 is 26.8 Å². The van der Waals surface area contributed by atoms with Crippen LogP contribution in [0.3, 0.4) is 0 Å². The van der Waals surface area contributed by atoms with E-state index >= 15 is 0 Å². The third-order valence-corrected chi connectivity index (χ3v) is 6.76. The fourth-order valence-corrected chi connectivity index (χ4v) is 4.43. The van der Waals surface area contributed by atoms with Crippen LogP contribution in [0.1, 0.15) is 62.4 Å². The van der Waals surface area contributed by atoms with Crippen LogP contribution in [0.4, 0.5) is 0 Å². The number of amides is 1. The first kappa shape index (κ1) is 26.3. The van der Waals surface area contributed by atoms with Crippen LogP contribution >= 0.6 is 0 Å². The van der Waals surface area contributed by atoms with E-state index in [1.165, 1.54) is 0 Å². The fraction of sp³-hybridized carbons (Fsp3) is 0.360. The summed E-state index contributed by atoms with van der Waals surface area (Å²) < 4.78 is 27.4. The van der Waals surface area contributed by atoms with Gasteiger partial charge < -0.3 is 10.4 Å². The van der Waals surface area contributed by atoms with Gasteiger partial charge in [0.2, 0.25) is 10.0 Å². The molecule has 0 aliphatic rings. The number of phenols is 1. The maximum Gasteiger partial charge on any atom is 0.255 e. The first-order valence-corrected chi connectivity index (χ1v) is 12.2. The molecule has 3 N–H and O–H groups in total. The molecule has 1 aromatic heterocycles. The molecule has 178 valence electrons. The highest BCUT2D eigenvalue weighted by molar-refractivity contribution is 7.89. The highest BCUT2D eigenvalue weighted by Crippen LogP contribution is 2.26. The molecule has 0 unspecified atom stereocenters. The van der Waals surface area contributed by atoms with Gasteiger partial charge in [-0.2, -0.15) is 0 Å². The number of phenolic OH excluding ortho intramolecular Hbond substituents is 1. The molecule has 1 amide bonds. The number of unbranched alkanes of at least 4 members (excludes halogenated alkanes) is 2. The Morgan fingerprint density at radius 1 is 1.00 bits per heavy atom. The molecule has 3 rings (SSSR count). The zero-order valence-electron chi connectivity index (χ0n) is 18.3. The van der Waals surface area contributed by atoms with Crippen molar-refractivity contribution in [2.75, 3.05) is 13.1 Å². The summed E-state index contributed by atoms with van der Waals surface area (Å²) in [7, 11) is -3.52. The van der Waals surface area contributed by atoms with E-state index in [9.17, 15) is 18.3 Å². The van der Waals surface area contributed by atoms with E-state index in [4.69, 9.17) is 0 Å². The number of benzene rings is 2. The van der Waals surface area contributed by atoms with Crippen molar-refractivity contribution in [2.24, 2.45) is 0 Å². The van der Waals surface area contributed by atoms with Crippen LogP contribution < -0.4 is 10.0 Å². The van der Waals surface area contributed by atoms with Crippen molar-refractivity contribution in [1.29, 1.82) is 0 Å². The maximum atomic E-state index is 12.4. The largest absolute Gasteiger partial charge is 0.505 e. The third-order valence-electron chi connectivity index (χ3n) is 5.28. The molecule has 33 heavy (non-hydrogen) atoms. The monoisotopic (exact) mass is 471 g/mol. The van der Waals surface area contributed by atoms with Gasteiger partial charge in [-0.3, -0.25) is 9.78 Å². The molecule has 3 aromatic rings. The summed E-state index contributed by atoms with van der Waals surface area (Å²) in [6.07, 6.45) is 3.67. The van der Waals surface area contributed by atoms with E-state index < -0.39 is 10.0 Å². The molecule has 8 heteroatoms. The Morgan fingerprint density at radius 3 is 2.39 bits per heavy atom. The Hall–Kier alpha value is -2.97. The third kappa shape index (κ3) is 6.76. The van der Waals surface area contributed by atoms with Gasteiger partial charge in [-0.25, -0.2) is 13.1 Å². The van der Waals surface area contributed by atoms with E-state index in [2.05, 4.69) is 28.9 Å². The van der Waals surface area contributed by atoms with Crippen molar-refractivity contribution in [3.63, 3.8) is 0 Å². The number of rotatable bonds is 10. The molecule has 0 aliphatic carbocycles. The number of aromatic nitrogens is 1. The number of hydrogen-bond donors (Lipinski definition) is 3. The minimum atomic E-state index is -3.52. The Kier molecular flexibility index (Phi) is 9.37. The summed E-state index contributed by atoms with van der Waals surface area (Å²) >= 11 is 0. The number of nitrogens with zero attached hydrogens (tertiary/aromatic N) is 1. The summed E-state index contributed by atoms with van der Waals surface area (Å²) in [5, 5.41) is 13.9. The Morgan fingerprint density at radius 2 is 1.70 bits per heavy atom. The molecule has 2 aromatic carbocycles. The molecule has 0 radical (unpaired) electrons. The second kappa shape index (κ2) is 11.8. The number of nitrogens with one attached hydrogen (secondary N) is 2. The molecule has 0 fully saturated rings. The molecular formula is C25H33N3O4S. The van der Waals surface area contributed by atoms with Crippen LogP contribution in [-0.2, 0) is 10.0 Å². The topological polar surface area (TPSA) is 108 Å². The zero-order valence-corrected chi connectivity index (χ0v) is 19.2. The molecule has 1 heterocycles. The van der Waals surface area contributed by atoms with Gasteiger partial charge in [0.05, 0.1) is 10.5 Å². The molecule has 0 saturated heterocycles. The summed E-state index contributed by atoms with van der Waals surface area (Å²) in [6.45, 7) is 4.89. The predicted octanol–water partition coefficient (Wildman–Crippen LogP) is 4.58. The van der Waals surface area contributed by atoms with Crippen molar-refractivity contribution in [2.45, 2.75) is 51.3 Å². The number of carbonyl (C=O) groups excluding carboxylic acids is 1. The Bertz CT molecular complexity index is 1180. The number of sulfonamides is 1. The van der Waals surface area contributed by atoms with Gasteiger partial charge in [0.15, 0.2) is 5.75 Å². The normalized spacial score (nSPS) is 11.4. The van der Waals surface area contributed by atoms with Crippen LogP contribution in [0.15, 0.2) is 59.6 Å². The standard InChI is InChI=1S/C24H29N3O4S.CH4/c1-17(2)18-8-11-20(12-9-18)32(30,31)27-16-5-3-4-14-26-24(29)21-13-10-19-7-6-15-25-22(19)23(21)28;/h6-13,15,17,27-28H,3-5,14,16H2,1-2H3,(H,26,29);1H4. The minimum Gasteiger partial charge on any atom is -0.505 e. The molecule has 0 bridgehead atoms. The number of fused-ring (bicyclic) bond motifs is 1. The first-order chi connectivity index (χ1) is 15.3. The molecule has 7 nitrogen and oxygen atoms in total. The van der Waals surface area contributed by atoms with Crippen molar-refractivity contribution in [3.8, 4) is 5.75 Å². The highest BCUT2D eigenvalue weighted by atomic mass is 32.2. The predicted molar refractivity (Wildman–Crippen MR) is 132 cm³/mol. The van der Waals surface area contributed by atoms with Crippen LogP contribution in [0.2, 0.25) is 0 Å². The lowest BCUT2D eigenvalue weighted by Crippen LogP contribution is -2.26. The second-order valence-corrected chi connectivity index (χ2v) is 9.74. The Labute approximate surface area is 196 Å². The van der Waals surface area contributed by atoms with E-state index in [-0.39, 0.29) is 29.5 Å². The molecule has 0 spiro atoms. The summed E-state index contributed by atoms with van der Waals surface area (Å²) in [5.41, 5.74) is 1.68. The number of pyridine rings is 1. The number of hydrogen-bond acceptors (Lipinski definition) is 5. The van der Waals surface area contributed by atoms with Crippen LogP contribution in [-0.4, -0.2) is 37.5 Å². The Balaban J connectivity index is 0.00000385. The van der Waals surface area contributed by atoms with Gasteiger partial charge in [-0.05, 0) is 48.6 Å². The summed E-state index contributed by atoms with van der Waals surface area (Å²) in [4.78, 5) is 16.7. The molecule has 0 saturated carbocycles. The lowest BCUT2D eigenvalue weighted by Gasteiger charge is -2.10. The first-order valence-electron chi connectivity index (χ1n) is 10.7. The second-order valence-electron chi connectivity index (χ2n) is 7.97. The average molecular weight is 472 g/mol. The van der Waals surface area contributed by atoms with Gasteiger partial charge >= 0.3 is 0 Å². The van der Waals surface area contributed by atoms with Crippen molar-refractivity contribution < 1.29 is 18.3 Å². The van der Waals surface area contributed by atoms with Crippen molar-refractivity contribution in [1.82, 2.24) is 15.0 Å². The van der Waals surface area contributed by atoms with Gasteiger partial charge in [0.25, 0.3) is 5.91 Å². The lowest BCUT2D eigenvalue weighted by molar-refractivity contribution is 0.0950. The molecular weight excluding hydrogens is 438 g/mol. The number of carbonyl (C=O) groups is 1. The summed E-state index contributed by atoms with van der Waals surface area (Å²) in [6, 6.07) is 13.9. The number of aromatic hydroxyl groups is 1. The maximum absolute atomic E-state index is 12.4. The van der Waals surface area contributed by atoms with E-state index in [1.54, 1.807) is 36.5 Å². The average Bonchev–Trinajstić information content (AvgIpc) is 2.78. The van der Waals surface area contributed by atoms with E-state index in [0.717, 1.165) is 17.4 Å². The van der Waals surface area contributed by atoms with Gasteiger partial charge in [-0.15, -0.1) is 0 Å². The SMILES string of the molecule is C.CC(C)c1ccc(S(=O)(=O)NCCCCCNC(=O)c2ccc3cccnc3c2O)cc1. The quantitative estimate of drug-likeness (QED) is 0.375. The van der Waals surface area contributed by atoms with E-state index in [1.807, 2.05) is 18.2 Å². The minimum absolute atomic E-state index is 0. The lowest BCUT2D eigenvalue weighted by atomic mass is 10.0. The van der Waals surface area contributed by atoms with Crippen LogP contribution in [0, 0.1) is 0 Å². The smallest absolute Gasteiger partial charge is 0.255 e. The van der Waals surface area contributed by atoms with Crippen LogP contribution in [0.25, 0.3) is 10.9 Å². The van der Waals surface area contributed by atoms with Gasteiger partial charge in [0, 0.05) is 24.7 Å².